The topological polar surface area (TPSA) is 20.3 Å². The highest BCUT2D eigenvalue weighted by molar-refractivity contribution is 5.81. The maximum absolute atomic E-state index is 12.3. The van der Waals surface area contributed by atoms with Gasteiger partial charge in [-0.15, -0.1) is 0 Å². The maximum atomic E-state index is 12.3. The van der Waals surface area contributed by atoms with Crippen LogP contribution in [-0.2, 0) is 4.79 Å². The molecule has 0 aliphatic heterocycles. The number of rotatable bonds is 4. The van der Waals surface area contributed by atoms with Crippen LogP contribution in [0.15, 0.2) is 0 Å². The van der Waals surface area contributed by atoms with Gasteiger partial charge in [-0.25, -0.2) is 0 Å². The zero-order valence-corrected chi connectivity index (χ0v) is 8.81. The molecule has 0 aromatic heterocycles. The number of carbonyl (C=O) groups is 1. The molecule has 0 bridgehead atoms. The molecule has 1 rings (SSSR count). The highest BCUT2D eigenvalue weighted by Crippen LogP contribution is 2.25. The normalized spacial score (nSPS) is 22.7. The van der Waals surface area contributed by atoms with Crippen LogP contribution >= 0.6 is 0 Å². The van der Waals surface area contributed by atoms with Gasteiger partial charge >= 0.3 is 6.18 Å². The molecule has 1 aliphatic rings. The lowest BCUT2D eigenvalue weighted by Crippen LogP contribution is -2.41. The number of nitrogens with zero attached hydrogens (tertiary/aromatic N) is 1. The quantitative estimate of drug-likeness (QED) is 0.729. The minimum Gasteiger partial charge on any atom is -0.300 e. The zero-order chi connectivity index (χ0) is 11.5. The number of halogens is 3. The van der Waals surface area contributed by atoms with Gasteiger partial charge in [0.25, 0.3) is 0 Å². The van der Waals surface area contributed by atoms with Crippen LogP contribution in [0.25, 0.3) is 0 Å². The fraction of sp³-hybridized carbons (Fsp3) is 0.900. The molecule has 1 fully saturated rings. The van der Waals surface area contributed by atoms with Crippen molar-refractivity contribution in [3.63, 3.8) is 0 Å². The largest absolute Gasteiger partial charge is 0.401 e. The van der Waals surface area contributed by atoms with E-state index in [2.05, 4.69) is 0 Å². The summed E-state index contributed by atoms with van der Waals surface area (Å²) in [6.45, 7) is 1.37. The molecular formula is C10H16F3NO. The first kappa shape index (κ1) is 12.5. The summed E-state index contributed by atoms with van der Waals surface area (Å²) in [5, 5.41) is 0. The molecule has 1 atom stereocenters. The van der Waals surface area contributed by atoms with Crippen LogP contribution in [-0.4, -0.2) is 36.0 Å². The van der Waals surface area contributed by atoms with E-state index < -0.39 is 12.7 Å². The van der Waals surface area contributed by atoms with Crippen molar-refractivity contribution < 1.29 is 18.0 Å². The Balaban J connectivity index is 2.53. The standard InChI is InChI=1S/C10H16F3NO/c1-2-5-14(7-10(11,12)13)8-3-4-9(15)6-8/h8H,2-7H2,1H3. The van der Waals surface area contributed by atoms with E-state index in [0.29, 0.717) is 25.8 Å². The summed E-state index contributed by atoms with van der Waals surface area (Å²) in [6.07, 6.45) is -2.19. The van der Waals surface area contributed by atoms with Crippen LogP contribution < -0.4 is 0 Å². The van der Waals surface area contributed by atoms with E-state index in [-0.39, 0.29) is 18.2 Å². The lowest BCUT2D eigenvalue weighted by Gasteiger charge is -2.28. The molecule has 2 nitrogen and oxygen atoms in total. The van der Waals surface area contributed by atoms with Crippen molar-refractivity contribution in [1.82, 2.24) is 4.90 Å². The molecule has 15 heavy (non-hydrogen) atoms. The van der Waals surface area contributed by atoms with Gasteiger partial charge in [-0.3, -0.25) is 9.69 Å². The third kappa shape index (κ3) is 4.20. The van der Waals surface area contributed by atoms with Gasteiger partial charge in [-0.05, 0) is 19.4 Å². The van der Waals surface area contributed by atoms with Crippen molar-refractivity contribution in [1.29, 1.82) is 0 Å². The highest BCUT2D eigenvalue weighted by Gasteiger charge is 2.35. The van der Waals surface area contributed by atoms with Crippen LogP contribution in [0.4, 0.5) is 13.2 Å². The summed E-state index contributed by atoms with van der Waals surface area (Å²) in [7, 11) is 0. The van der Waals surface area contributed by atoms with Crippen LogP contribution in [0.5, 0.6) is 0 Å². The first-order chi connectivity index (χ1) is 6.92. The van der Waals surface area contributed by atoms with Gasteiger partial charge in [-0.2, -0.15) is 13.2 Å². The minimum absolute atomic E-state index is 0.0864. The number of hydrogen-bond donors (Lipinski definition) is 0. The molecule has 1 aliphatic carbocycles. The van der Waals surface area contributed by atoms with E-state index >= 15 is 0 Å². The zero-order valence-electron chi connectivity index (χ0n) is 8.81. The first-order valence-corrected chi connectivity index (χ1v) is 5.25. The molecule has 1 saturated carbocycles. The van der Waals surface area contributed by atoms with Crippen LogP contribution in [0.3, 0.4) is 0 Å². The van der Waals surface area contributed by atoms with Gasteiger partial charge in [0.1, 0.15) is 5.78 Å². The van der Waals surface area contributed by atoms with E-state index in [1.165, 1.54) is 4.90 Å². The van der Waals surface area contributed by atoms with E-state index in [1.807, 2.05) is 6.92 Å². The van der Waals surface area contributed by atoms with Crippen molar-refractivity contribution in [2.24, 2.45) is 0 Å². The van der Waals surface area contributed by atoms with Gasteiger partial charge in [0.05, 0.1) is 6.54 Å². The van der Waals surface area contributed by atoms with Gasteiger partial charge in [0, 0.05) is 18.9 Å². The number of Topliss-reactive ketones (excluding diaryl/α,β-unsaturated/α-hetero) is 1. The van der Waals surface area contributed by atoms with E-state index in [1.54, 1.807) is 0 Å². The smallest absolute Gasteiger partial charge is 0.300 e. The molecule has 0 N–H and O–H groups in total. The SMILES string of the molecule is CCCN(CC(F)(F)F)C1CCC(=O)C1. The summed E-state index contributed by atoms with van der Waals surface area (Å²) >= 11 is 0. The lowest BCUT2D eigenvalue weighted by atomic mass is 10.2. The Labute approximate surface area is 87.4 Å². The van der Waals surface area contributed by atoms with Gasteiger partial charge < -0.3 is 0 Å². The Morgan fingerprint density at radius 1 is 1.47 bits per heavy atom. The molecule has 0 radical (unpaired) electrons. The van der Waals surface area contributed by atoms with Crippen molar-refractivity contribution in [3.8, 4) is 0 Å². The van der Waals surface area contributed by atoms with E-state index in [4.69, 9.17) is 0 Å². The Morgan fingerprint density at radius 2 is 2.13 bits per heavy atom. The van der Waals surface area contributed by atoms with Crippen molar-refractivity contribution in [2.75, 3.05) is 13.1 Å². The molecule has 0 spiro atoms. The summed E-state index contributed by atoms with van der Waals surface area (Å²) in [5.74, 6) is 0.0864. The second-order valence-corrected chi connectivity index (χ2v) is 4.02. The summed E-state index contributed by atoms with van der Waals surface area (Å²) in [4.78, 5) is 12.4. The fourth-order valence-electron chi connectivity index (χ4n) is 2.01. The molecule has 0 aromatic carbocycles. The Morgan fingerprint density at radius 3 is 2.53 bits per heavy atom. The van der Waals surface area contributed by atoms with Crippen LogP contribution in [0.2, 0.25) is 0 Å². The number of alkyl halides is 3. The molecule has 0 heterocycles. The maximum Gasteiger partial charge on any atom is 0.401 e. The van der Waals surface area contributed by atoms with Gasteiger partial charge in [0.15, 0.2) is 0 Å². The van der Waals surface area contributed by atoms with Crippen molar-refractivity contribution in [2.45, 2.75) is 44.8 Å². The molecule has 0 amide bonds. The Hall–Kier alpha value is -0.580. The first-order valence-electron chi connectivity index (χ1n) is 5.25. The molecule has 5 heteroatoms. The summed E-state index contributed by atoms with van der Waals surface area (Å²) in [5.41, 5.74) is 0. The predicted molar refractivity (Wildman–Crippen MR) is 50.6 cm³/mol. The van der Waals surface area contributed by atoms with Gasteiger partial charge in [0.2, 0.25) is 0 Å². The van der Waals surface area contributed by atoms with Crippen molar-refractivity contribution in [3.05, 3.63) is 0 Å². The second-order valence-electron chi connectivity index (χ2n) is 4.02. The van der Waals surface area contributed by atoms with Crippen LogP contribution in [0.1, 0.15) is 32.6 Å². The third-order valence-electron chi connectivity index (χ3n) is 2.63. The highest BCUT2D eigenvalue weighted by atomic mass is 19.4. The van der Waals surface area contributed by atoms with Crippen LogP contribution in [0, 0.1) is 0 Å². The molecule has 88 valence electrons. The van der Waals surface area contributed by atoms with E-state index in [9.17, 15) is 18.0 Å². The number of ketones is 1. The number of hydrogen-bond acceptors (Lipinski definition) is 2. The Kier molecular flexibility index (Phi) is 4.13. The lowest BCUT2D eigenvalue weighted by molar-refractivity contribution is -0.151. The molecular weight excluding hydrogens is 207 g/mol. The van der Waals surface area contributed by atoms with Crippen molar-refractivity contribution >= 4 is 5.78 Å². The predicted octanol–water partition coefficient (Wildman–Crippen LogP) is 2.38. The molecule has 1 unspecified atom stereocenters. The minimum atomic E-state index is -4.17. The second kappa shape index (κ2) is 4.96. The Bertz CT molecular complexity index is 227. The molecule has 0 saturated heterocycles. The van der Waals surface area contributed by atoms with E-state index in [0.717, 1.165) is 0 Å². The molecule has 0 aromatic rings. The average molecular weight is 223 g/mol. The van der Waals surface area contributed by atoms with Gasteiger partial charge in [-0.1, -0.05) is 6.92 Å². The fourth-order valence-corrected chi connectivity index (χ4v) is 2.01. The third-order valence-corrected chi connectivity index (χ3v) is 2.63. The summed E-state index contributed by atoms with van der Waals surface area (Å²) < 4.78 is 36.8. The average Bonchev–Trinajstić information content (AvgIpc) is 2.48. The monoisotopic (exact) mass is 223 g/mol. The number of carbonyl (C=O) groups excluding carboxylic acids is 1. The summed E-state index contributed by atoms with van der Waals surface area (Å²) in [6, 6.07) is -0.195.